The van der Waals surface area contributed by atoms with Crippen molar-refractivity contribution in [3.05, 3.63) is 43.3 Å². The summed E-state index contributed by atoms with van der Waals surface area (Å²) in [5, 5.41) is 22.1. The third kappa shape index (κ3) is 3.52. The molecule has 0 atom stereocenters. The zero-order chi connectivity index (χ0) is 16.3. The van der Waals surface area contributed by atoms with Gasteiger partial charge in [-0.25, -0.2) is 0 Å². The number of nitrogens with zero attached hydrogens (tertiary/aromatic N) is 4. The van der Waals surface area contributed by atoms with E-state index >= 15 is 0 Å². The molecule has 2 rings (SSSR count). The number of rotatable bonds is 5. The predicted octanol–water partition coefficient (Wildman–Crippen LogP) is 1.12. The molecule has 0 fully saturated rings. The Morgan fingerprint density at radius 1 is 1.50 bits per heavy atom. The first kappa shape index (κ1) is 15.8. The molecule has 0 radical (unpaired) electrons. The summed E-state index contributed by atoms with van der Waals surface area (Å²) in [4.78, 5) is 34.0. The lowest BCUT2D eigenvalue weighted by Crippen LogP contribution is -2.28. The third-order valence-electron chi connectivity index (χ3n) is 2.79. The Morgan fingerprint density at radius 3 is 2.82 bits per heavy atom. The van der Waals surface area contributed by atoms with E-state index in [0.717, 1.165) is 15.8 Å². The van der Waals surface area contributed by atoms with Crippen molar-refractivity contribution in [2.45, 2.75) is 26.8 Å². The first-order valence-corrected chi connectivity index (χ1v) is 7.20. The van der Waals surface area contributed by atoms with Crippen molar-refractivity contribution in [3.8, 4) is 0 Å². The molecule has 0 aliphatic carbocycles. The van der Waals surface area contributed by atoms with Gasteiger partial charge in [-0.2, -0.15) is 0 Å². The molecule has 1 amide bonds. The molecule has 0 aliphatic heterocycles. The number of hydrogen-bond acceptors (Lipinski definition) is 7. The molecule has 10 heteroatoms. The Bertz CT molecular complexity index is 782. The first-order chi connectivity index (χ1) is 10.4. The predicted molar refractivity (Wildman–Crippen MR) is 80.0 cm³/mol. The number of hydrogen-bond donors (Lipinski definition) is 1. The Kier molecular flexibility index (Phi) is 4.61. The van der Waals surface area contributed by atoms with Crippen LogP contribution in [-0.2, 0) is 17.8 Å². The van der Waals surface area contributed by atoms with Gasteiger partial charge in [-0.05, 0) is 13.3 Å². The lowest BCUT2D eigenvalue weighted by atomic mass is 10.3. The van der Waals surface area contributed by atoms with Gasteiger partial charge in [0.05, 0.1) is 11.1 Å². The van der Waals surface area contributed by atoms with Gasteiger partial charge in [-0.15, -0.1) is 10.2 Å². The molecular weight excluding hydrogens is 310 g/mol. The van der Waals surface area contributed by atoms with Crippen LogP contribution >= 0.6 is 11.3 Å². The lowest BCUT2D eigenvalue weighted by molar-refractivity contribution is -0.385. The monoisotopic (exact) mass is 323 g/mol. The number of anilines is 1. The molecule has 1 N–H and O–H groups in total. The van der Waals surface area contributed by atoms with Gasteiger partial charge in [0, 0.05) is 11.6 Å². The average Bonchev–Trinajstić information content (AvgIpc) is 2.90. The molecule has 0 aromatic carbocycles. The quantitative estimate of drug-likeness (QED) is 0.650. The Balaban J connectivity index is 2.17. The van der Waals surface area contributed by atoms with Crippen molar-refractivity contribution in [1.82, 2.24) is 14.8 Å². The van der Waals surface area contributed by atoms with Crippen LogP contribution in [0.5, 0.6) is 0 Å². The molecule has 2 aromatic heterocycles. The topological polar surface area (TPSA) is 120 Å². The maximum absolute atomic E-state index is 11.9. The van der Waals surface area contributed by atoms with E-state index in [4.69, 9.17) is 0 Å². The van der Waals surface area contributed by atoms with Crippen LogP contribution in [0, 0.1) is 17.0 Å². The second-order valence-corrected chi connectivity index (χ2v) is 5.54. The molecule has 0 aliphatic rings. The highest BCUT2D eigenvalue weighted by Crippen LogP contribution is 2.15. The number of carbonyl (C=O) groups is 1. The molecule has 2 aromatic rings. The summed E-state index contributed by atoms with van der Waals surface area (Å²) in [7, 11) is 0. The number of nitro groups is 1. The van der Waals surface area contributed by atoms with Crippen LogP contribution in [0.3, 0.4) is 0 Å². The highest BCUT2D eigenvalue weighted by molar-refractivity contribution is 7.15. The summed E-state index contributed by atoms with van der Waals surface area (Å²) >= 11 is 1.24. The Hall–Kier alpha value is -2.62. The SMILES string of the molecule is CCc1nnc(NC(=O)Cn2cc([N+](=O)[O-])cc(C)c2=O)s1. The molecule has 9 nitrogen and oxygen atoms in total. The van der Waals surface area contributed by atoms with Gasteiger partial charge in [0.1, 0.15) is 11.6 Å². The van der Waals surface area contributed by atoms with E-state index in [1.165, 1.54) is 24.3 Å². The van der Waals surface area contributed by atoms with Gasteiger partial charge in [0.15, 0.2) is 0 Å². The van der Waals surface area contributed by atoms with Crippen molar-refractivity contribution in [1.29, 1.82) is 0 Å². The summed E-state index contributed by atoms with van der Waals surface area (Å²) in [6, 6.07) is 1.18. The normalized spacial score (nSPS) is 10.5. The Morgan fingerprint density at radius 2 is 2.23 bits per heavy atom. The fraction of sp³-hybridized carbons (Fsp3) is 0.333. The fourth-order valence-electron chi connectivity index (χ4n) is 1.74. The van der Waals surface area contributed by atoms with Gasteiger partial charge in [-0.3, -0.25) is 29.6 Å². The zero-order valence-electron chi connectivity index (χ0n) is 11.9. The van der Waals surface area contributed by atoms with Crippen LogP contribution in [0.2, 0.25) is 0 Å². The van der Waals surface area contributed by atoms with Crippen molar-refractivity contribution >= 4 is 28.1 Å². The van der Waals surface area contributed by atoms with E-state index < -0.39 is 16.4 Å². The summed E-state index contributed by atoms with van der Waals surface area (Å²) in [5.74, 6) is -0.499. The van der Waals surface area contributed by atoms with Gasteiger partial charge >= 0.3 is 0 Å². The van der Waals surface area contributed by atoms with Crippen LogP contribution in [0.15, 0.2) is 17.1 Å². The van der Waals surface area contributed by atoms with Crippen molar-refractivity contribution in [3.63, 3.8) is 0 Å². The van der Waals surface area contributed by atoms with Gasteiger partial charge < -0.3 is 0 Å². The summed E-state index contributed by atoms with van der Waals surface area (Å²) in [6.45, 7) is 3.04. The van der Waals surface area contributed by atoms with E-state index in [0.29, 0.717) is 11.6 Å². The lowest BCUT2D eigenvalue weighted by Gasteiger charge is -2.06. The smallest absolute Gasteiger partial charge is 0.286 e. The van der Waals surface area contributed by atoms with Crippen LogP contribution in [0.4, 0.5) is 10.8 Å². The number of aryl methyl sites for hydroxylation is 2. The van der Waals surface area contributed by atoms with Crippen LogP contribution in [-0.4, -0.2) is 25.6 Å². The van der Waals surface area contributed by atoms with E-state index in [1.807, 2.05) is 6.92 Å². The highest BCUT2D eigenvalue weighted by atomic mass is 32.1. The molecule has 116 valence electrons. The van der Waals surface area contributed by atoms with Gasteiger partial charge in [0.2, 0.25) is 11.0 Å². The maximum Gasteiger partial charge on any atom is 0.286 e. The number of amides is 1. The van der Waals surface area contributed by atoms with Crippen LogP contribution in [0.25, 0.3) is 0 Å². The minimum Gasteiger partial charge on any atom is -0.299 e. The standard InChI is InChI=1S/C12H13N5O4S/c1-3-10-14-15-12(22-10)13-9(18)6-16-5-8(17(20)21)4-7(2)11(16)19/h4-5H,3,6H2,1-2H3,(H,13,15,18). The minimum atomic E-state index is -0.612. The van der Waals surface area contributed by atoms with Crippen molar-refractivity contribution < 1.29 is 9.72 Å². The zero-order valence-corrected chi connectivity index (χ0v) is 12.7. The largest absolute Gasteiger partial charge is 0.299 e. The third-order valence-corrected chi connectivity index (χ3v) is 3.77. The number of nitrogens with one attached hydrogen (secondary N) is 1. The van der Waals surface area contributed by atoms with Crippen molar-refractivity contribution in [2.75, 3.05) is 5.32 Å². The molecule has 0 spiro atoms. The molecule has 0 unspecified atom stereocenters. The summed E-state index contributed by atoms with van der Waals surface area (Å²) in [6.07, 6.45) is 1.75. The second kappa shape index (κ2) is 6.43. The Labute approximate surface area is 128 Å². The summed E-state index contributed by atoms with van der Waals surface area (Å²) in [5.41, 5.74) is -0.493. The molecule has 2 heterocycles. The molecular formula is C12H13N5O4S. The molecule has 0 saturated carbocycles. The fourth-order valence-corrected chi connectivity index (χ4v) is 2.44. The molecule has 0 saturated heterocycles. The maximum atomic E-state index is 11.9. The number of pyridine rings is 1. The second-order valence-electron chi connectivity index (χ2n) is 4.47. The highest BCUT2D eigenvalue weighted by Gasteiger charge is 2.14. The van der Waals surface area contributed by atoms with E-state index in [9.17, 15) is 19.7 Å². The number of carbonyl (C=O) groups excluding carboxylic acids is 1. The van der Waals surface area contributed by atoms with Gasteiger partial charge in [-0.1, -0.05) is 18.3 Å². The van der Waals surface area contributed by atoms with E-state index in [2.05, 4.69) is 15.5 Å². The van der Waals surface area contributed by atoms with Crippen molar-refractivity contribution in [2.24, 2.45) is 0 Å². The minimum absolute atomic E-state index is 0.200. The van der Waals surface area contributed by atoms with Gasteiger partial charge in [0.25, 0.3) is 11.2 Å². The first-order valence-electron chi connectivity index (χ1n) is 6.38. The molecule has 22 heavy (non-hydrogen) atoms. The van der Waals surface area contributed by atoms with Crippen LogP contribution < -0.4 is 10.9 Å². The van der Waals surface area contributed by atoms with E-state index in [-0.39, 0.29) is 17.8 Å². The van der Waals surface area contributed by atoms with Crippen LogP contribution in [0.1, 0.15) is 17.5 Å². The number of aromatic nitrogens is 3. The summed E-state index contributed by atoms with van der Waals surface area (Å²) < 4.78 is 1.00. The average molecular weight is 323 g/mol. The molecule has 0 bridgehead atoms. The van der Waals surface area contributed by atoms with E-state index in [1.54, 1.807) is 0 Å².